The third kappa shape index (κ3) is 4.72. The molecule has 1 fully saturated rings. The average molecular weight is 396 g/mol. The van der Waals surface area contributed by atoms with E-state index in [1.54, 1.807) is 4.90 Å². The molecule has 28 heavy (non-hydrogen) atoms. The van der Waals surface area contributed by atoms with Crippen LogP contribution in [-0.2, 0) is 11.0 Å². The third-order valence-corrected chi connectivity index (χ3v) is 4.03. The number of aldehydes is 1. The number of hydrogen-bond acceptors (Lipinski definition) is 7. The Morgan fingerprint density at radius 3 is 2.39 bits per heavy atom. The van der Waals surface area contributed by atoms with E-state index in [4.69, 9.17) is 0 Å². The number of carbonyl (C=O) groups excluding carboxylic acids is 1. The topological polar surface area (TPSA) is 74.2 Å². The van der Waals surface area contributed by atoms with Crippen molar-refractivity contribution in [3.63, 3.8) is 0 Å². The van der Waals surface area contributed by atoms with Crippen molar-refractivity contribution >= 4 is 23.6 Å². The summed E-state index contributed by atoms with van der Waals surface area (Å²) >= 11 is 0. The average Bonchev–Trinajstić information content (AvgIpc) is 2.69. The maximum absolute atomic E-state index is 13.1. The minimum atomic E-state index is -4.51. The zero-order chi connectivity index (χ0) is 20.1. The van der Waals surface area contributed by atoms with Crippen LogP contribution in [0.5, 0.6) is 0 Å². The molecule has 0 aliphatic carbocycles. The van der Waals surface area contributed by atoms with Crippen molar-refractivity contribution in [2.75, 3.05) is 36.4 Å². The summed E-state index contributed by atoms with van der Waals surface area (Å²) in [4.78, 5) is 25.9. The number of alkyl halides is 3. The van der Waals surface area contributed by atoms with Gasteiger partial charge in [-0.15, -0.1) is 0 Å². The molecule has 0 saturated carbocycles. The Bertz CT molecular complexity index is 847. The maximum Gasteiger partial charge on any atom is 0.433 e. The van der Waals surface area contributed by atoms with E-state index in [1.807, 2.05) is 4.90 Å². The smallest absolute Gasteiger partial charge is 0.371 e. The number of nitrogens with zero attached hydrogens (tertiary/aromatic N) is 5. The molecule has 0 amide bonds. The summed E-state index contributed by atoms with van der Waals surface area (Å²) in [6, 6.07) is 2.14. The molecule has 1 saturated heterocycles. The molecule has 0 spiro atoms. The summed E-state index contributed by atoms with van der Waals surface area (Å²) in [5.74, 6) is 0.0409. The van der Waals surface area contributed by atoms with E-state index in [-0.39, 0.29) is 6.29 Å². The Hall–Kier alpha value is -3.24. The van der Waals surface area contributed by atoms with Gasteiger partial charge in [-0.1, -0.05) is 0 Å². The van der Waals surface area contributed by atoms with Crippen molar-refractivity contribution in [3.05, 3.63) is 48.4 Å². The highest BCUT2D eigenvalue weighted by molar-refractivity contribution is 5.69. The molecule has 0 atom stereocenters. The predicted octanol–water partition coefficient (Wildman–Crippen LogP) is 2.77. The third-order valence-electron chi connectivity index (χ3n) is 4.03. The number of halogens is 4. The second-order valence-corrected chi connectivity index (χ2v) is 5.94. The van der Waals surface area contributed by atoms with Crippen molar-refractivity contribution in [1.82, 2.24) is 19.9 Å². The Labute approximate surface area is 157 Å². The molecule has 11 heteroatoms. The fraction of sp³-hybridized carbons (Fsp3) is 0.294. The molecule has 148 valence electrons. The molecule has 1 aliphatic heterocycles. The quantitative estimate of drug-likeness (QED) is 0.473. The number of carbonyl (C=O) groups is 1. The van der Waals surface area contributed by atoms with Crippen LogP contribution in [0, 0.1) is 0 Å². The zero-order valence-electron chi connectivity index (χ0n) is 14.5. The van der Waals surface area contributed by atoms with Gasteiger partial charge in [0, 0.05) is 44.8 Å². The molecule has 1 aliphatic rings. The van der Waals surface area contributed by atoms with Crippen molar-refractivity contribution in [3.8, 4) is 0 Å². The number of pyridine rings is 1. The van der Waals surface area contributed by atoms with Crippen LogP contribution in [0.2, 0.25) is 0 Å². The number of rotatable bonds is 5. The van der Waals surface area contributed by atoms with Crippen molar-refractivity contribution < 1.29 is 22.4 Å². The number of piperazine rings is 1. The molecule has 0 unspecified atom stereocenters. The van der Waals surface area contributed by atoms with Gasteiger partial charge < -0.3 is 15.1 Å². The molecular formula is C17H16F4N6O. The van der Waals surface area contributed by atoms with E-state index in [2.05, 4.69) is 20.3 Å². The maximum atomic E-state index is 13.1. The first kappa shape index (κ1) is 19.5. The van der Waals surface area contributed by atoms with Crippen LogP contribution in [0.1, 0.15) is 5.69 Å². The van der Waals surface area contributed by atoms with Gasteiger partial charge in [0.05, 0.1) is 11.9 Å². The van der Waals surface area contributed by atoms with E-state index in [9.17, 15) is 22.4 Å². The van der Waals surface area contributed by atoms with Crippen molar-refractivity contribution in [2.24, 2.45) is 0 Å². The number of hydrogen-bond donors (Lipinski definition) is 1. The number of aromatic nitrogens is 3. The van der Waals surface area contributed by atoms with Gasteiger partial charge in [0.25, 0.3) is 0 Å². The fourth-order valence-corrected chi connectivity index (χ4v) is 2.69. The lowest BCUT2D eigenvalue weighted by molar-refractivity contribution is -0.141. The van der Waals surface area contributed by atoms with E-state index in [0.717, 1.165) is 18.5 Å². The molecule has 0 aromatic carbocycles. The Balaban J connectivity index is 1.71. The van der Waals surface area contributed by atoms with Crippen molar-refractivity contribution in [1.29, 1.82) is 0 Å². The Kier molecular flexibility index (Phi) is 5.71. The van der Waals surface area contributed by atoms with Crippen LogP contribution in [0.4, 0.5) is 34.9 Å². The Morgan fingerprint density at radius 2 is 1.79 bits per heavy atom. The standard InChI is InChI=1S/C17H16F4N6O/c18-12(11-28)10-26-5-7-27(8-6-26)16-15(22-3-4-23-16)25-13-1-2-14(24-9-13)17(19,20)21/h1-4,9-11H,5-8H2,(H,22,25). The van der Waals surface area contributed by atoms with Crippen LogP contribution in [0.25, 0.3) is 0 Å². The Morgan fingerprint density at radius 1 is 1.07 bits per heavy atom. The normalized spacial score (nSPS) is 15.5. The molecule has 3 heterocycles. The van der Waals surface area contributed by atoms with E-state index < -0.39 is 17.7 Å². The molecule has 1 N–H and O–H groups in total. The lowest BCUT2D eigenvalue weighted by Crippen LogP contribution is -2.44. The summed E-state index contributed by atoms with van der Waals surface area (Å²) in [5, 5.41) is 2.92. The summed E-state index contributed by atoms with van der Waals surface area (Å²) in [6.07, 6.45) is 0.842. The molecule has 0 radical (unpaired) electrons. The summed E-state index contributed by atoms with van der Waals surface area (Å²) in [7, 11) is 0. The lowest BCUT2D eigenvalue weighted by atomic mass is 10.3. The molecular weight excluding hydrogens is 380 g/mol. The van der Waals surface area contributed by atoms with Gasteiger partial charge in [-0.25, -0.2) is 19.3 Å². The largest absolute Gasteiger partial charge is 0.433 e. The van der Waals surface area contributed by atoms with Gasteiger partial charge in [-0.3, -0.25) is 4.79 Å². The summed E-state index contributed by atoms with van der Waals surface area (Å²) in [5.41, 5.74) is -0.645. The number of allylic oxidation sites excluding steroid dienone is 1. The first-order valence-electron chi connectivity index (χ1n) is 8.29. The summed E-state index contributed by atoms with van der Waals surface area (Å²) < 4.78 is 50.9. The van der Waals surface area contributed by atoms with Crippen molar-refractivity contribution in [2.45, 2.75) is 6.18 Å². The molecule has 3 rings (SSSR count). The minimum absolute atomic E-state index is 0.148. The van der Waals surface area contributed by atoms with E-state index >= 15 is 0 Å². The fourth-order valence-electron chi connectivity index (χ4n) is 2.69. The van der Waals surface area contributed by atoms with Gasteiger partial charge >= 0.3 is 6.18 Å². The SMILES string of the molecule is O=CC(F)=CN1CCN(c2nccnc2Nc2ccc(C(F)(F)F)nc2)CC1. The van der Waals surface area contributed by atoms with Gasteiger partial charge in [-0.2, -0.15) is 13.2 Å². The van der Waals surface area contributed by atoms with Gasteiger partial charge in [0.2, 0.25) is 0 Å². The molecule has 0 bridgehead atoms. The van der Waals surface area contributed by atoms with Crippen LogP contribution in [-0.4, -0.2) is 52.3 Å². The molecule has 2 aromatic rings. The van der Waals surface area contributed by atoms with Crippen LogP contribution < -0.4 is 10.2 Å². The van der Waals surface area contributed by atoms with Crippen LogP contribution >= 0.6 is 0 Å². The first-order chi connectivity index (χ1) is 13.4. The highest BCUT2D eigenvalue weighted by atomic mass is 19.4. The minimum Gasteiger partial charge on any atom is -0.371 e. The van der Waals surface area contributed by atoms with Gasteiger partial charge in [0.15, 0.2) is 23.7 Å². The molecule has 2 aromatic heterocycles. The first-order valence-corrected chi connectivity index (χ1v) is 8.29. The predicted molar refractivity (Wildman–Crippen MR) is 93.6 cm³/mol. The number of anilines is 3. The van der Waals surface area contributed by atoms with E-state index in [1.165, 1.54) is 18.5 Å². The molecule has 7 nitrogen and oxygen atoms in total. The highest BCUT2D eigenvalue weighted by Crippen LogP contribution is 2.29. The monoisotopic (exact) mass is 396 g/mol. The lowest BCUT2D eigenvalue weighted by Gasteiger charge is -2.35. The highest BCUT2D eigenvalue weighted by Gasteiger charge is 2.32. The van der Waals surface area contributed by atoms with Crippen LogP contribution in [0.15, 0.2) is 42.8 Å². The van der Waals surface area contributed by atoms with E-state index in [0.29, 0.717) is 43.5 Å². The number of nitrogens with one attached hydrogen (secondary N) is 1. The van der Waals surface area contributed by atoms with Gasteiger partial charge in [-0.05, 0) is 12.1 Å². The van der Waals surface area contributed by atoms with Gasteiger partial charge in [0.1, 0.15) is 5.69 Å². The second-order valence-electron chi connectivity index (χ2n) is 5.94. The summed E-state index contributed by atoms with van der Waals surface area (Å²) in [6.45, 7) is 1.95. The van der Waals surface area contributed by atoms with Crippen LogP contribution in [0.3, 0.4) is 0 Å². The second kappa shape index (κ2) is 8.19. The zero-order valence-corrected chi connectivity index (χ0v) is 14.5.